The summed E-state index contributed by atoms with van der Waals surface area (Å²) >= 11 is -1.55. The first kappa shape index (κ1) is 25.0. The van der Waals surface area contributed by atoms with Crippen molar-refractivity contribution in [3.63, 3.8) is 0 Å². The SMILES string of the molecule is Cc1ccc(S(=O)(=O)c2cc(C(C)(C)C)cc(S(=O)(=O)c3ccc(C)cc3)[c]2[Ge][Cl])cc1. The molecule has 3 aromatic carbocycles. The molecule has 0 amide bonds. The van der Waals surface area contributed by atoms with Gasteiger partial charge in [0, 0.05) is 0 Å². The molecule has 3 rings (SSSR count). The van der Waals surface area contributed by atoms with Crippen LogP contribution in [0.2, 0.25) is 0 Å². The zero-order valence-corrected chi connectivity index (χ0v) is 23.1. The van der Waals surface area contributed by atoms with Gasteiger partial charge in [0.1, 0.15) is 0 Å². The van der Waals surface area contributed by atoms with Crippen LogP contribution in [0.1, 0.15) is 37.5 Å². The summed E-state index contributed by atoms with van der Waals surface area (Å²) in [4.78, 5) is 0.195. The number of sulfone groups is 2. The number of hydrogen-bond acceptors (Lipinski definition) is 4. The Morgan fingerprint density at radius 2 is 1.03 bits per heavy atom. The molecule has 4 nitrogen and oxygen atoms in total. The third-order valence-electron chi connectivity index (χ3n) is 5.27. The Balaban J connectivity index is 2.39. The van der Waals surface area contributed by atoms with Crippen molar-refractivity contribution in [3.05, 3.63) is 77.4 Å². The van der Waals surface area contributed by atoms with Gasteiger partial charge in [0.05, 0.1) is 0 Å². The average molecular weight is 550 g/mol. The first-order valence-corrected chi connectivity index (χ1v) is 16.7. The molecule has 0 unspecified atom stereocenters. The van der Waals surface area contributed by atoms with Gasteiger partial charge in [-0.05, 0) is 0 Å². The molecular weight excluding hydrogens is 524 g/mol. The Hall–Kier alpha value is -1.61. The van der Waals surface area contributed by atoms with E-state index in [-0.39, 0.29) is 24.0 Å². The van der Waals surface area contributed by atoms with Gasteiger partial charge >= 0.3 is 202 Å². The van der Waals surface area contributed by atoms with Crippen LogP contribution in [0.4, 0.5) is 0 Å². The average Bonchev–Trinajstić information content (AvgIpc) is 2.72. The summed E-state index contributed by atoms with van der Waals surface area (Å²) in [5.41, 5.74) is 2.01. The van der Waals surface area contributed by atoms with Crippen molar-refractivity contribution in [2.24, 2.45) is 0 Å². The molecule has 0 N–H and O–H groups in total. The van der Waals surface area contributed by atoms with Crippen molar-refractivity contribution in [2.75, 3.05) is 0 Å². The Morgan fingerprint density at radius 1 is 0.688 bits per heavy atom. The normalized spacial score (nSPS) is 12.7. The second-order valence-electron chi connectivity index (χ2n) is 8.82. The van der Waals surface area contributed by atoms with E-state index >= 15 is 0 Å². The van der Waals surface area contributed by atoms with Crippen molar-refractivity contribution in [1.82, 2.24) is 0 Å². The summed E-state index contributed by atoms with van der Waals surface area (Å²) in [6.45, 7) is 9.51. The molecule has 0 saturated carbocycles. The summed E-state index contributed by atoms with van der Waals surface area (Å²) < 4.78 is 54.7. The van der Waals surface area contributed by atoms with Crippen molar-refractivity contribution < 1.29 is 16.8 Å². The summed E-state index contributed by atoms with van der Waals surface area (Å²) in [5.74, 6) is 0. The first-order valence-electron chi connectivity index (χ1n) is 9.97. The Kier molecular flexibility index (Phi) is 7.02. The number of aryl methyl sites for hydroxylation is 2. The van der Waals surface area contributed by atoms with Crippen LogP contribution >= 0.6 is 10.0 Å². The van der Waals surface area contributed by atoms with E-state index in [1.54, 1.807) is 60.7 Å². The molecule has 168 valence electrons. The molecule has 0 heterocycles. The molecule has 3 aromatic rings. The van der Waals surface area contributed by atoms with Crippen molar-refractivity contribution in [1.29, 1.82) is 0 Å². The zero-order valence-electron chi connectivity index (χ0n) is 18.6. The van der Waals surface area contributed by atoms with Gasteiger partial charge in [0.25, 0.3) is 0 Å². The van der Waals surface area contributed by atoms with Gasteiger partial charge in [-0.25, -0.2) is 0 Å². The quantitative estimate of drug-likeness (QED) is 0.431. The van der Waals surface area contributed by atoms with E-state index in [0.29, 0.717) is 5.56 Å². The molecule has 0 aliphatic heterocycles. The van der Waals surface area contributed by atoms with Crippen LogP contribution in [0.3, 0.4) is 0 Å². The minimum atomic E-state index is -3.97. The predicted octanol–water partition coefficient (Wildman–Crippen LogP) is 4.75. The Morgan fingerprint density at radius 3 is 1.31 bits per heavy atom. The summed E-state index contributed by atoms with van der Waals surface area (Å²) in [6, 6.07) is 16.2. The predicted molar refractivity (Wildman–Crippen MR) is 130 cm³/mol. The van der Waals surface area contributed by atoms with E-state index in [2.05, 4.69) is 0 Å². The Labute approximate surface area is 201 Å². The molecule has 2 radical (unpaired) electrons. The van der Waals surface area contributed by atoms with Gasteiger partial charge in [-0.15, -0.1) is 0 Å². The molecule has 8 heteroatoms. The number of rotatable bonds is 5. The van der Waals surface area contributed by atoms with Gasteiger partial charge in [-0.2, -0.15) is 0 Å². The second-order valence-corrected chi connectivity index (χ2v) is 15.1. The molecule has 0 aliphatic rings. The van der Waals surface area contributed by atoms with Crippen molar-refractivity contribution >= 4 is 48.6 Å². The third-order valence-corrected chi connectivity index (χ3v) is 12.1. The zero-order chi connectivity index (χ0) is 23.9. The number of benzene rings is 3. The van der Waals surface area contributed by atoms with E-state index in [4.69, 9.17) is 10.0 Å². The molecule has 0 fully saturated rings. The monoisotopic (exact) mass is 550 g/mol. The minimum absolute atomic E-state index is 0.0190. The maximum absolute atomic E-state index is 13.6. The molecule has 0 spiro atoms. The van der Waals surface area contributed by atoms with Gasteiger partial charge in [0.2, 0.25) is 0 Å². The van der Waals surface area contributed by atoms with Crippen LogP contribution in [0.15, 0.2) is 80.2 Å². The van der Waals surface area contributed by atoms with E-state index in [1.165, 1.54) is 0 Å². The van der Waals surface area contributed by atoms with E-state index in [9.17, 15) is 16.8 Å². The van der Waals surface area contributed by atoms with Gasteiger partial charge in [-0.3, -0.25) is 0 Å². The maximum atomic E-state index is 13.6. The Bertz CT molecular complexity index is 1260. The van der Waals surface area contributed by atoms with E-state index in [0.717, 1.165) is 11.1 Å². The molecule has 32 heavy (non-hydrogen) atoms. The van der Waals surface area contributed by atoms with Gasteiger partial charge < -0.3 is 0 Å². The summed E-state index contributed by atoms with van der Waals surface area (Å²) in [5, 5.41) is 0. The van der Waals surface area contributed by atoms with Crippen LogP contribution in [0, 0.1) is 13.8 Å². The molecule has 0 bridgehead atoms. The second kappa shape index (κ2) is 8.97. The van der Waals surface area contributed by atoms with Crippen LogP contribution in [0.25, 0.3) is 0 Å². The van der Waals surface area contributed by atoms with E-state index < -0.39 is 39.6 Å². The fourth-order valence-corrected chi connectivity index (χ4v) is 10.7. The van der Waals surface area contributed by atoms with E-state index in [1.807, 2.05) is 34.6 Å². The summed E-state index contributed by atoms with van der Waals surface area (Å²) in [6.07, 6.45) is 0. The van der Waals surface area contributed by atoms with Gasteiger partial charge in [-0.1, -0.05) is 0 Å². The van der Waals surface area contributed by atoms with Crippen molar-refractivity contribution in [2.45, 2.75) is 59.6 Å². The summed E-state index contributed by atoms with van der Waals surface area (Å²) in [7, 11) is -1.60. The fraction of sp³-hybridized carbons (Fsp3) is 0.250. The molecule has 0 aliphatic carbocycles. The van der Waals surface area contributed by atoms with Gasteiger partial charge in [0.15, 0.2) is 0 Å². The molecule has 0 saturated heterocycles. The number of halogens is 1. The van der Waals surface area contributed by atoms with Crippen LogP contribution < -0.4 is 4.40 Å². The van der Waals surface area contributed by atoms with Crippen molar-refractivity contribution in [3.8, 4) is 0 Å². The number of hydrogen-bond donors (Lipinski definition) is 0. The topological polar surface area (TPSA) is 68.3 Å². The molecule has 0 atom stereocenters. The third kappa shape index (κ3) is 4.83. The molecular formula is C24H25ClGeO4S2. The molecule has 0 aromatic heterocycles. The van der Waals surface area contributed by atoms with Crippen LogP contribution in [-0.4, -0.2) is 31.3 Å². The fourth-order valence-electron chi connectivity index (χ4n) is 3.23. The first-order chi connectivity index (χ1) is 14.8. The van der Waals surface area contributed by atoms with Crippen LogP contribution in [-0.2, 0) is 25.1 Å². The van der Waals surface area contributed by atoms with Crippen LogP contribution in [0.5, 0.6) is 0 Å². The standard InChI is InChI=1S/C24H25ClGeO4S2/c1-16-6-10-19(11-7-16)31(27,28)21-14-18(24(3,4)5)15-22(23(21)26-25)32(29,30)20-12-8-17(2)9-13-20/h6-15H,1-5H3.